The fourth-order valence-corrected chi connectivity index (χ4v) is 3.34. The lowest BCUT2D eigenvalue weighted by atomic mass is 10.1. The van der Waals surface area contributed by atoms with Crippen molar-refractivity contribution in [2.24, 2.45) is 5.73 Å². The van der Waals surface area contributed by atoms with Crippen LogP contribution in [0.15, 0.2) is 9.85 Å². The van der Waals surface area contributed by atoms with E-state index in [4.69, 9.17) is 22.1 Å². The highest BCUT2D eigenvalue weighted by atomic mass is 79.9. The summed E-state index contributed by atoms with van der Waals surface area (Å²) >= 11 is 10.9. The SMILES string of the molecule is CCOC(=O)CCCCC(N)c1cc(Cl)c(Br)s1. The maximum Gasteiger partial charge on any atom is 0.305 e. The number of unbranched alkanes of at least 4 members (excludes halogenated alkanes) is 1. The first-order chi connectivity index (χ1) is 8.54. The largest absolute Gasteiger partial charge is 0.466 e. The molecule has 0 bridgehead atoms. The van der Waals surface area contributed by atoms with Gasteiger partial charge in [0.1, 0.15) is 0 Å². The molecular formula is C12H17BrClNO2S. The van der Waals surface area contributed by atoms with Crippen LogP contribution < -0.4 is 5.73 Å². The Bertz CT molecular complexity index is 378. The summed E-state index contributed by atoms with van der Waals surface area (Å²) in [5.41, 5.74) is 6.07. The number of rotatable bonds is 7. The number of thiophene rings is 1. The molecule has 0 saturated heterocycles. The van der Waals surface area contributed by atoms with Crippen LogP contribution in [0.1, 0.15) is 43.5 Å². The molecule has 0 aromatic carbocycles. The molecule has 0 saturated carbocycles. The van der Waals surface area contributed by atoms with Crippen molar-refractivity contribution in [2.45, 2.75) is 38.6 Å². The van der Waals surface area contributed by atoms with Gasteiger partial charge in [-0.25, -0.2) is 0 Å². The van der Waals surface area contributed by atoms with Gasteiger partial charge in [0.2, 0.25) is 0 Å². The monoisotopic (exact) mass is 353 g/mol. The van der Waals surface area contributed by atoms with Gasteiger partial charge in [0, 0.05) is 17.3 Å². The Kier molecular flexibility index (Phi) is 7.22. The van der Waals surface area contributed by atoms with Crippen LogP contribution >= 0.6 is 38.9 Å². The molecular weight excluding hydrogens is 338 g/mol. The van der Waals surface area contributed by atoms with Gasteiger partial charge < -0.3 is 10.5 Å². The van der Waals surface area contributed by atoms with Crippen molar-refractivity contribution in [3.05, 3.63) is 19.8 Å². The Morgan fingerprint density at radius 2 is 2.33 bits per heavy atom. The Morgan fingerprint density at radius 1 is 1.61 bits per heavy atom. The molecule has 0 aliphatic rings. The zero-order chi connectivity index (χ0) is 13.5. The summed E-state index contributed by atoms with van der Waals surface area (Å²) in [5.74, 6) is -0.131. The number of hydrogen-bond acceptors (Lipinski definition) is 4. The van der Waals surface area contributed by atoms with E-state index in [0.29, 0.717) is 18.1 Å². The lowest BCUT2D eigenvalue weighted by molar-refractivity contribution is -0.143. The first kappa shape index (κ1) is 16.0. The van der Waals surface area contributed by atoms with Crippen molar-refractivity contribution in [2.75, 3.05) is 6.61 Å². The molecule has 0 amide bonds. The molecule has 1 aromatic heterocycles. The lowest BCUT2D eigenvalue weighted by Crippen LogP contribution is -2.09. The second-order valence-electron chi connectivity index (χ2n) is 3.93. The van der Waals surface area contributed by atoms with E-state index in [-0.39, 0.29) is 12.0 Å². The van der Waals surface area contributed by atoms with Gasteiger partial charge in [-0.15, -0.1) is 11.3 Å². The van der Waals surface area contributed by atoms with E-state index >= 15 is 0 Å². The molecule has 1 rings (SSSR count). The zero-order valence-corrected chi connectivity index (χ0v) is 13.4. The molecule has 6 heteroatoms. The second kappa shape index (κ2) is 8.15. The number of esters is 1. The summed E-state index contributed by atoms with van der Waals surface area (Å²) in [6.07, 6.45) is 3.04. The predicted octanol–water partition coefficient (Wildman–Crippen LogP) is 4.29. The van der Waals surface area contributed by atoms with E-state index in [1.807, 2.05) is 13.0 Å². The van der Waals surface area contributed by atoms with Crippen LogP contribution in [0.2, 0.25) is 5.02 Å². The molecule has 18 heavy (non-hydrogen) atoms. The van der Waals surface area contributed by atoms with Gasteiger partial charge in [0.25, 0.3) is 0 Å². The van der Waals surface area contributed by atoms with Crippen LogP contribution in [-0.4, -0.2) is 12.6 Å². The molecule has 1 heterocycles. The van der Waals surface area contributed by atoms with Crippen LogP contribution in [-0.2, 0) is 9.53 Å². The number of hydrogen-bond donors (Lipinski definition) is 1. The lowest BCUT2D eigenvalue weighted by Gasteiger charge is -2.08. The van der Waals surface area contributed by atoms with Crippen molar-refractivity contribution >= 4 is 44.8 Å². The summed E-state index contributed by atoms with van der Waals surface area (Å²) in [6.45, 7) is 2.26. The minimum absolute atomic E-state index is 0.0130. The van der Waals surface area contributed by atoms with Crippen molar-refractivity contribution in [1.29, 1.82) is 0 Å². The number of halogens is 2. The molecule has 0 aliphatic carbocycles. The van der Waals surface area contributed by atoms with Gasteiger partial charge in [0.05, 0.1) is 15.4 Å². The van der Waals surface area contributed by atoms with Gasteiger partial charge in [-0.1, -0.05) is 18.0 Å². The molecule has 1 unspecified atom stereocenters. The van der Waals surface area contributed by atoms with E-state index in [1.54, 1.807) is 11.3 Å². The Labute approximate surface area is 125 Å². The molecule has 3 nitrogen and oxygen atoms in total. The van der Waals surface area contributed by atoms with Gasteiger partial charge in [0.15, 0.2) is 0 Å². The first-order valence-electron chi connectivity index (χ1n) is 5.90. The first-order valence-corrected chi connectivity index (χ1v) is 7.89. The van der Waals surface area contributed by atoms with E-state index in [0.717, 1.165) is 27.9 Å². The molecule has 102 valence electrons. The van der Waals surface area contributed by atoms with E-state index in [2.05, 4.69) is 15.9 Å². The average Bonchev–Trinajstić information content (AvgIpc) is 2.65. The van der Waals surface area contributed by atoms with Crippen LogP contribution in [0.4, 0.5) is 0 Å². The summed E-state index contributed by atoms with van der Waals surface area (Å²) in [5, 5.41) is 0.706. The highest BCUT2D eigenvalue weighted by Gasteiger charge is 2.12. The molecule has 0 fully saturated rings. The fraction of sp³-hybridized carbons (Fsp3) is 0.583. The third-order valence-electron chi connectivity index (χ3n) is 2.48. The summed E-state index contributed by atoms with van der Waals surface area (Å²) in [7, 11) is 0. The topological polar surface area (TPSA) is 52.3 Å². The van der Waals surface area contributed by atoms with Crippen LogP contribution in [0, 0.1) is 0 Å². The van der Waals surface area contributed by atoms with Gasteiger partial charge >= 0.3 is 5.97 Å². The standard InChI is InChI=1S/C12H17BrClNO2S/c1-2-17-11(16)6-4-3-5-9(15)10-7-8(14)12(13)18-10/h7,9H,2-6,15H2,1H3. The number of carbonyl (C=O) groups is 1. The van der Waals surface area contributed by atoms with Crippen molar-refractivity contribution in [3.8, 4) is 0 Å². The third kappa shape index (κ3) is 5.26. The van der Waals surface area contributed by atoms with Crippen molar-refractivity contribution < 1.29 is 9.53 Å². The van der Waals surface area contributed by atoms with Crippen molar-refractivity contribution in [1.82, 2.24) is 0 Å². The zero-order valence-electron chi connectivity index (χ0n) is 10.2. The van der Waals surface area contributed by atoms with Gasteiger partial charge in [-0.3, -0.25) is 4.79 Å². The molecule has 0 spiro atoms. The molecule has 1 atom stereocenters. The number of carbonyl (C=O) groups excluding carboxylic acids is 1. The Balaban J connectivity index is 2.25. The van der Waals surface area contributed by atoms with E-state index in [1.165, 1.54) is 0 Å². The average molecular weight is 355 g/mol. The highest BCUT2D eigenvalue weighted by Crippen LogP contribution is 2.35. The normalized spacial score (nSPS) is 12.4. The highest BCUT2D eigenvalue weighted by molar-refractivity contribution is 9.11. The number of nitrogens with two attached hydrogens (primary N) is 1. The van der Waals surface area contributed by atoms with Crippen LogP contribution in [0.3, 0.4) is 0 Å². The summed E-state index contributed by atoms with van der Waals surface area (Å²) in [4.78, 5) is 12.2. The number of ether oxygens (including phenoxy) is 1. The third-order valence-corrected chi connectivity index (χ3v) is 5.09. The molecule has 1 aromatic rings. The van der Waals surface area contributed by atoms with Gasteiger partial charge in [-0.05, 0) is 41.8 Å². The minimum atomic E-state index is -0.131. The van der Waals surface area contributed by atoms with Gasteiger partial charge in [-0.2, -0.15) is 0 Å². The van der Waals surface area contributed by atoms with E-state index in [9.17, 15) is 4.79 Å². The van der Waals surface area contributed by atoms with Crippen molar-refractivity contribution in [3.63, 3.8) is 0 Å². The van der Waals surface area contributed by atoms with Crippen LogP contribution in [0.5, 0.6) is 0 Å². The smallest absolute Gasteiger partial charge is 0.305 e. The minimum Gasteiger partial charge on any atom is -0.466 e. The molecule has 0 aliphatic heterocycles. The maximum absolute atomic E-state index is 11.1. The summed E-state index contributed by atoms with van der Waals surface area (Å²) < 4.78 is 5.78. The molecule has 2 N–H and O–H groups in total. The Morgan fingerprint density at radius 3 is 2.89 bits per heavy atom. The molecule has 0 radical (unpaired) electrons. The van der Waals surface area contributed by atoms with E-state index < -0.39 is 0 Å². The predicted molar refractivity (Wildman–Crippen MR) is 79.1 cm³/mol. The second-order valence-corrected chi connectivity index (χ2v) is 6.74. The van der Waals surface area contributed by atoms with Crippen LogP contribution in [0.25, 0.3) is 0 Å². The Hall–Kier alpha value is -0.100. The fourth-order valence-electron chi connectivity index (χ4n) is 1.56. The quantitative estimate of drug-likeness (QED) is 0.587. The maximum atomic E-state index is 11.1. The summed E-state index contributed by atoms with van der Waals surface area (Å²) in [6, 6.07) is 1.88.